The van der Waals surface area contributed by atoms with Gasteiger partial charge in [-0.1, -0.05) is 42.0 Å². The molecule has 0 saturated heterocycles. The minimum Gasteiger partial charge on any atom is -0.370 e. The van der Waals surface area contributed by atoms with Gasteiger partial charge in [-0.3, -0.25) is 9.79 Å². The van der Waals surface area contributed by atoms with Crippen LogP contribution in [-0.4, -0.2) is 23.3 Å². The Morgan fingerprint density at radius 3 is 2.40 bits per heavy atom. The summed E-state index contributed by atoms with van der Waals surface area (Å²) in [5.41, 5.74) is 10.5. The monoisotopic (exact) mass is 336 g/mol. The highest BCUT2D eigenvalue weighted by atomic mass is 16.2. The second-order valence-corrected chi connectivity index (χ2v) is 6.38. The van der Waals surface area contributed by atoms with Crippen LogP contribution in [0.4, 0.5) is 5.69 Å². The molecular formula is C20H24N4O. The standard InChI is InChI=1S/C20H24N4O/c1-15-8-10-18(11-9-15)23-20(21)22-12-4-7-19(25)24-13-16-5-2-3-6-17(16)14-24/h2-3,5-6,8-11H,4,7,12-14H2,1H3,(H3,21,22,23). The Hall–Kier alpha value is -2.82. The number of fused-ring (bicyclic) bond motifs is 1. The number of guanidine groups is 1. The third-order valence-corrected chi connectivity index (χ3v) is 4.35. The molecule has 25 heavy (non-hydrogen) atoms. The molecule has 0 radical (unpaired) electrons. The van der Waals surface area contributed by atoms with Crippen LogP contribution < -0.4 is 11.1 Å². The average Bonchev–Trinajstić information content (AvgIpc) is 3.05. The summed E-state index contributed by atoms with van der Waals surface area (Å²) in [7, 11) is 0. The van der Waals surface area contributed by atoms with E-state index in [0.717, 1.165) is 18.8 Å². The maximum absolute atomic E-state index is 12.3. The molecule has 0 saturated carbocycles. The van der Waals surface area contributed by atoms with E-state index in [1.165, 1.54) is 16.7 Å². The lowest BCUT2D eigenvalue weighted by Crippen LogP contribution is -2.25. The van der Waals surface area contributed by atoms with Crippen LogP contribution in [-0.2, 0) is 17.9 Å². The molecule has 0 bridgehead atoms. The van der Waals surface area contributed by atoms with Crippen molar-refractivity contribution in [2.75, 3.05) is 11.9 Å². The van der Waals surface area contributed by atoms with Gasteiger partial charge in [-0.2, -0.15) is 0 Å². The lowest BCUT2D eigenvalue weighted by atomic mass is 10.1. The van der Waals surface area contributed by atoms with Crippen molar-refractivity contribution in [3.05, 3.63) is 65.2 Å². The van der Waals surface area contributed by atoms with Crippen molar-refractivity contribution < 1.29 is 4.79 Å². The minimum atomic E-state index is 0.177. The van der Waals surface area contributed by atoms with Gasteiger partial charge in [0.15, 0.2) is 5.96 Å². The Kier molecular flexibility index (Phi) is 5.33. The van der Waals surface area contributed by atoms with Gasteiger partial charge < -0.3 is 16.0 Å². The molecular weight excluding hydrogens is 312 g/mol. The number of nitrogens with zero attached hydrogens (tertiary/aromatic N) is 2. The first-order valence-electron chi connectivity index (χ1n) is 8.60. The number of benzene rings is 2. The van der Waals surface area contributed by atoms with Crippen molar-refractivity contribution in [3.63, 3.8) is 0 Å². The maximum atomic E-state index is 12.3. The third kappa shape index (κ3) is 4.59. The highest BCUT2D eigenvalue weighted by Gasteiger charge is 2.21. The van der Waals surface area contributed by atoms with Crippen molar-refractivity contribution >= 4 is 17.6 Å². The highest BCUT2D eigenvalue weighted by molar-refractivity contribution is 5.92. The van der Waals surface area contributed by atoms with Gasteiger partial charge in [-0.15, -0.1) is 0 Å². The number of nitrogens with one attached hydrogen (secondary N) is 1. The number of anilines is 1. The fourth-order valence-corrected chi connectivity index (χ4v) is 2.92. The predicted octanol–water partition coefficient (Wildman–Crippen LogP) is 3.04. The fourth-order valence-electron chi connectivity index (χ4n) is 2.92. The van der Waals surface area contributed by atoms with E-state index in [9.17, 15) is 4.79 Å². The van der Waals surface area contributed by atoms with E-state index < -0.39 is 0 Å². The van der Waals surface area contributed by atoms with E-state index in [-0.39, 0.29) is 5.91 Å². The molecule has 0 unspecified atom stereocenters. The summed E-state index contributed by atoms with van der Waals surface area (Å²) in [5.74, 6) is 0.557. The summed E-state index contributed by atoms with van der Waals surface area (Å²) in [4.78, 5) is 18.5. The number of aliphatic imine (C=N–C) groups is 1. The molecule has 1 aliphatic heterocycles. The van der Waals surface area contributed by atoms with E-state index in [0.29, 0.717) is 25.3 Å². The summed E-state index contributed by atoms with van der Waals surface area (Å²) >= 11 is 0. The second kappa shape index (κ2) is 7.83. The number of amides is 1. The molecule has 0 spiro atoms. The highest BCUT2D eigenvalue weighted by Crippen LogP contribution is 2.22. The van der Waals surface area contributed by atoms with E-state index in [2.05, 4.69) is 22.4 Å². The molecule has 2 aromatic rings. The van der Waals surface area contributed by atoms with Gasteiger partial charge in [0.25, 0.3) is 0 Å². The molecule has 0 aliphatic carbocycles. The Balaban J connectivity index is 1.41. The van der Waals surface area contributed by atoms with Crippen molar-refractivity contribution in [3.8, 4) is 0 Å². The molecule has 1 heterocycles. The number of hydrogen-bond acceptors (Lipinski definition) is 2. The zero-order chi connectivity index (χ0) is 17.6. The number of carbonyl (C=O) groups is 1. The molecule has 1 aliphatic rings. The molecule has 3 rings (SSSR count). The van der Waals surface area contributed by atoms with Gasteiger partial charge in [0.1, 0.15) is 0 Å². The number of hydrogen-bond donors (Lipinski definition) is 2. The zero-order valence-corrected chi connectivity index (χ0v) is 14.5. The summed E-state index contributed by atoms with van der Waals surface area (Å²) in [6.07, 6.45) is 1.19. The quantitative estimate of drug-likeness (QED) is 0.501. The number of carbonyl (C=O) groups excluding carboxylic acids is 1. The fraction of sp³-hybridized carbons (Fsp3) is 0.300. The summed E-state index contributed by atoms with van der Waals surface area (Å²) < 4.78 is 0. The topological polar surface area (TPSA) is 70.7 Å². The third-order valence-electron chi connectivity index (χ3n) is 4.35. The van der Waals surface area contributed by atoms with E-state index in [4.69, 9.17) is 5.73 Å². The molecule has 1 amide bonds. The van der Waals surface area contributed by atoms with Gasteiger partial charge in [-0.05, 0) is 36.6 Å². The first-order chi connectivity index (χ1) is 12.1. The van der Waals surface area contributed by atoms with Gasteiger partial charge in [0, 0.05) is 31.7 Å². The minimum absolute atomic E-state index is 0.177. The molecule has 2 aromatic carbocycles. The smallest absolute Gasteiger partial charge is 0.223 e. The summed E-state index contributed by atoms with van der Waals surface area (Å²) in [6.45, 7) is 4.01. The Morgan fingerprint density at radius 2 is 1.76 bits per heavy atom. The molecule has 3 N–H and O–H groups in total. The van der Waals surface area contributed by atoms with Crippen LogP contribution in [0.3, 0.4) is 0 Å². The van der Waals surface area contributed by atoms with Gasteiger partial charge in [-0.25, -0.2) is 0 Å². The number of nitrogens with two attached hydrogens (primary N) is 1. The molecule has 5 heteroatoms. The van der Waals surface area contributed by atoms with Gasteiger partial charge >= 0.3 is 0 Å². The van der Waals surface area contributed by atoms with Crippen molar-refractivity contribution in [1.82, 2.24) is 4.90 Å². The van der Waals surface area contributed by atoms with Gasteiger partial charge in [0.2, 0.25) is 5.91 Å². The van der Waals surface area contributed by atoms with Crippen molar-refractivity contribution in [2.45, 2.75) is 32.9 Å². The van der Waals surface area contributed by atoms with Crippen LogP contribution in [0.15, 0.2) is 53.5 Å². The van der Waals surface area contributed by atoms with Crippen LogP contribution >= 0.6 is 0 Å². The summed E-state index contributed by atoms with van der Waals surface area (Å²) in [5, 5.41) is 3.06. The number of rotatable bonds is 5. The van der Waals surface area contributed by atoms with E-state index in [1.54, 1.807) is 0 Å². The molecule has 0 fully saturated rings. The molecule has 5 nitrogen and oxygen atoms in total. The van der Waals surface area contributed by atoms with Crippen molar-refractivity contribution in [1.29, 1.82) is 0 Å². The average molecular weight is 336 g/mol. The zero-order valence-electron chi connectivity index (χ0n) is 14.5. The van der Waals surface area contributed by atoms with E-state index >= 15 is 0 Å². The van der Waals surface area contributed by atoms with Gasteiger partial charge in [0.05, 0.1) is 0 Å². The molecule has 0 aromatic heterocycles. The first kappa shape index (κ1) is 17.0. The first-order valence-corrected chi connectivity index (χ1v) is 8.60. The normalized spacial score (nSPS) is 13.6. The molecule has 0 atom stereocenters. The predicted molar refractivity (Wildman–Crippen MR) is 101 cm³/mol. The van der Waals surface area contributed by atoms with Crippen LogP contribution in [0.5, 0.6) is 0 Å². The van der Waals surface area contributed by atoms with Crippen molar-refractivity contribution in [2.24, 2.45) is 10.7 Å². The lowest BCUT2D eigenvalue weighted by molar-refractivity contribution is -0.131. The lowest BCUT2D eigenvalue weighted by Gasteiger charge is -2.14. The maximum Gasteiger partial charge on any atom is 0.223 e. The SMILES string of the molecule is Cc1ccc(NC(N)=NCCCC(=O)N2Cc3ccccc3C2)cc1. The van der Waals surface area contributed by atoms with Crippen LogP contribution in [0.2, 0.25) is 0 Å². The van der Waals surface area contributed by atoms with Crippen LogP contribution in [0, 0.1) is 6.92 Å². The Bertz CT molecular complexity index is 743. The number of aryl methyl sites for hydroxylation is 1. The van der Waals surface area contributed by atoms with Crippen LogP contribution in [0.25, 0.3) is 0 Å². The Morgan fingerprint density at radius 1 is 1.12 bits per heavy atom. The Labute approximate surface area is 148 Å². The molecule has 130 valence electrons. The second-order valence-electron chi connectivity index (χ2n) is 6.38. The summed E-state index contributed by atoms with van der Waals surface area (Å²) in [6, 6.07) is 16.2. The largest absolute Gasteiger partial charge is 0.370 e. The van der Waals surface area contributed by atoms with E-state index in [1.807, 2.05) is 48.2 Å². The van der Waals surface area contributed by atoms with Crippen LogP contribution in [0.1, 0.15) is 29.5 Å².